The van der Waals surface area contributed by atoms with Gasteiger partial charge in [0.2, 0.25) is 0 Å². The normalized spacial score (nSPS) is 12.5. The number of carbonyl (C=O) groups is 2. The topological polar surface area (TPSA) is 72.8 Å². The lowest BCUT2D eigenvalue weighted by Gasteiger charge is -2.15. The predicted octanol–water partition coefficient (Wildman–Crippen LogP) is 11.3. The van der Waals surface area contributed by atoms with Crippen molar-refractivity contribution in [1.82, 2.24) is 0 Å². The average Bonchev–Trinajstić information content (AvgIpc) is 3.02. The molecule has 44 heavy (non-hydrogen) atoms. The first kappa shape index (κ1) is 42.1. The number of unbranched alkanes of at least 4 members (excludes halogenated alkanes) is 19. The van der Waals surface area contributed by atoms with Gasteiger partial charge in [-0.25, -0.2) is 0 Å². The Morgan fingerprint density at radius 2 is 0.909 bits per heavy atom. The zero-order valence-corrected chi connectivity index (χ0v) is 28.9. The zero-order chi connectivity index (χ0) is 32.2. The van der Waals surface area contributed by atoms with Crippen molar-refractivity contribution in [3.8, 4) is 0 Å². The molecule has 0 aromatic carbocycles. The second-order valence-corrected chi connectivity index (χ2v) is 12.3. The van der Waals surface area contributed by atoms with E-state index >= 15 is 0 Å². The molecule has 0 heterocycles. The predicted molar refractivity (Wildman–Crippen MR) is 187 cm³/mol. The van der Waals surface area contributed by atoms with Crippen LogP contribution in [0.2, 0.25) is 0 Å². The summed E-state index contributed by atoms with van der Waals surface area (Å²) in [6.45, 7) is 4.08. The molecule has 0 aromatic heterocycles. The minimum absolute atomic E-state index is 0.0752. The Balaban J connectivity index is 3.61. The first-order valence-electron chi connectivity index (χ1n) is 18.5. The molecular formula is C39H70O5. The van der Waals surface area contributed by atoms with E-state index in [9.17, 15) is 14.7 Å². The SMILES string of the molecule is CCCCCC=CCC=CCC=CCCCCCCC(=O)OCC(CO)OC(=O)CCCCCCCCCCCCCCC. The van der Waals surface area contributed by atoms with E-state index in [0.29, 0.717) is 12.8 Å². The quantitative estimate of drug-likeness (QED) is 0.0450. The summed E-state index contributed by atoms with van der Waals surface area (Å²) in [4.78, 5) is 24.2. The Bertz CT molecular complexity index is 711. The molecule has 1 unspecified atom stereocenters. The number of allylic oxidation sites excluding steroid dienone is 6. The number of hydrogen-bond acceptors (Lipinski definition) is 5. The van der Waals surface area contributed by atoms with Crippen LogP contribution in [0.1, 0.15) is 181 Å². The smallest absolute Gasteiger partial charge is 0.306 e. The average molecular weight is 619 g/mol. The van der Waals surface area contributed by atoms with Crippen molar-refractivity contribution in [2.75, 3.05) is 13.2 Å². The van der Waals surface area contributed by atoms with E-state index in [4.69, 9.17) is 9.47 Å². The highest BCUT2D eigenvalue weighted by Gasteiger charge is 2.16. The van der Waals surface area contributed by atoms with Gasteiger partial charge in [0.15, 0.2) is 6.10 Å². The molecule has 0 aliphatic heterocycles. The van der Waals surface area contributed by atoms with Crippen molar-refractivity contribution in [3.63, 3.8) is 0 Å². The number of aliphatic hydroxyl groups excluding tert-OH is 1. The summed E-state index contributed by atoms with van der Waals surface area (Å²) in [7, 11) is 0. The van der Waals surface area contributed by atoms with Crippen LogP contribution in [0.15, 0.2) is 36.5 Å². The lowest BCUT2D eigenvalue weighted by molar-refractivity contribution is -0.161. The van der Waals surface area contributed by atoms with Crippen LogP contribution in [0.3, 0.4) is 0 Å². The van der Waals surface area contributed by atoms with Crippen molar-refractivity contribution < 1.29 is 24.2 Å². The van der Waals surface area contributed by atoms with Gasteiger partial charge in [-0.2, -0.15) is 0 Å². The van der Waals surface area contributed by atoms with E-state index in [2.05, 4.69) is 50.3 Å². The minimum atomic E-state index is -0.776. The van der Waals surface area contributed by atoms with Gasteiger partial charge in [-0.3, -0.25) is 9.59 Å². The minimum Gasteiger partial charge on any atom is -0.462 e. The molecule has 5 heteroatoms. The molecule has 0 aliphatic carbocycles. The summed E-state index contributed by atoms with van der Waals surface area (Å²) in [5.41, 5.74) is 0. The molecule has 0 aliphatic rings. The van der Waals surface area contributed by atoms with E-state index in [1.807, 2.05) is 0 Å². The largest absolute Gasteiger partial charge is 0.462 e. The van der Waals surface area contributed by atoms with Crippen LogP contribution in [-0.4, -0.2) is 36.4 Å². The molecular weight excluding hydrogens is 548 g/mol. The van der Waals surface area contributed by atoms with Crippen molar-refractivity contribution in [2.24, 2.45) is 0 Å². The lowest BCUT2D eigenvalue weighted by Crippen LogP contribution is -2.28. The van der Waals surface area contributed by atoms with E-state index in [1.54, 1.807) is 0 Å². The first-order chi connectivity index (χ1) is 21.6. The van der Waals surface area contributed by atoms with Crippen molar-refractivity contribution in [2.45, 2.75) is 187 Å². The fraction of sp³-hybridized carbons (Fsp3) is 0.795. The second kappa shape index (κ2) is 35.6. The van der Waals surface area contributed by atoms with Crippen LogP contribution in [-0.2, 0) is 19.1 Å². The van der Waals surface area contributed by atoms with Crippen molar-refractivity contribution in [1.29, 1.82) is 0 Å². The number of hydrogen-bond donors (Lipinski definition) is 1. The van der Waals surface area contributed by atoms with Gasteiger partial charge >= 0.3 is 11.9 Å². The summed E-state index contributed by atoms with van der Waals surface area (Å²) in [6, 6.07) is 0. The fourth-order valence-corrected chi connectivity index (χ4v) is 5.09. The van der Waals surface area contributed by atoms with E-state index in [0.717, 1.165) is 64.2 Å². The van der Waals surface area contributed by atoms with Crippen LogP contribution in [0.25, 0.3) is 0 Å². The van der Waals surface area contributed by atoms with Crippen LogP contribution in [0, 0.1) is 0 Å². The Hall–Kier alpha value is -1.88. The fourth-order valence-electron chi connectivity index (χ4n) is 5.09. The molecule has 0 saturated heterocycles. The van der Waals surface area contributed by atoms with Gasteiger partial charge < -0.3 is 14.6 Å². The van der Waals surface area contributed by atoms with Gasteiger partial charge in [-0.1, -0.05) is 153 Å². The lowest BCUT2D eigenvalue weighted by atomic mass is 10.0. The summed E-state index contributed by atoms with van der Waals surface area (Å²) in [5.74, 6) is -0.614. The molecule has 0 aromatic rings. The number of carbonyl (C=O) groups excluding carboxylic acids is 2. The summed E-state index contributed by atoms with van der Waals surface area (Å²) in [5, 5.41) is 9.52. The highest BCUT2D eigenvalue weighted by molar-refractivity contribution is 5.70. The summed E-state index contributed by atoms with van der Waals surface area (Å²) < 4.78 is 10.6. The molecule has 0 saturated carbocycles. The third-order valence-electron chi connectivity index (χ3n) is 7.94. The molecule has 0 rings (SSSR count). The summed E-state index contributed by atoms with van der Waals surface area (Å²) >= 11 is 0. The van der Waals surface area contributed by atoms with Crippen LogP contribution < -0.4 is 0 Å². The highest BCUT2D eigenvalue weighted by atomic mass is 16.6. The maximum Gasteiger partial charge on any atom is 0.306 e. The molecule has 1 N–H and O–H groups in total. The molecule has 0 spiro atoms. The molecule has 256 valence electrons. The first-order valence-corrected chi connectivity index (χ1v) is 18.5. The second-order valence-electron chi connectivity index (χ2n) is 12.3. The molecule has 0 radical (unpaired) electrons. The van der Waals surface area contributed by atoms with Gasteiger partial charge in [-0.15, -0.1) is 0 Å². The molecule has 0 fully saturated rings. The van der Waals surface area contributed by atoms with Crippen LogP contribution in [0.4, 0.5) is 0 Å². The number of rotatable bonds is 33. The maximum absolute atomic E-state index is 12.1. The molecule has 1 atom stereocenters. The van der Waals surface area contributed by atoms with Gasteiger partial charge in [0.05, 0.1) is 6.61 Å². The maximum atomic E-state index is 12.1. The van der Waals surface area contributed by atoms with Crippen molar-refractivity contribution >= 4 is 11.9 Å². The Morgan fingerprint density at radius 3 is 1.41 bits per heavy atom. The molecule has 0 amide bonds. The van der Waals surface area contributed by atoms with E-state index < -0.39 is 6.10 Å². The van der Waals surface area contributed by atoms with Gasteiger partial charge in [0.25, 0.3) is 0 Å². The third-order valence-corrected chi connectivity index (χ3v) is 7.94. The van der Waals surface area contributed by atoms with E-state index in [1.165, 1.54) is 89.9 Å². The van der Waals surface area contributed by atoms with Gasteiger partial charge in [0.1, 0.15) is 6.61 Å². The number of ether oxygens (including phenoxy) is 2. The van der Waals surface area contributed by atoms with Crippen molar-refractivity contribution in [3.05, 3.63) is 36.5 Å². The van der Waals surface area contributed by atoms with E-state index in [-0.39, 0.29) is 25.2 Å². The molecule has 5 nitrogen and oxygen atoms in total. The number of aliphatic hydroxyl groups is 1. The Kier molecular flexibility index (Phi) is 34.1. The highest BCUT2D eigenvalue weighted by Crippen LogP contribution is 2.14. The number of esters is 2. The van der Waals surface area contributed by atoms with Crippen LogP contribution in [0.5, 0.6) is 0 Å². The molecule has 0 bridgehead atoms. The monoisotopic (exact) mass is 619 g/mol. The third kappa shape index (κ3) is 33.0. The van der Waals surface area contributed by atoms with Crippen LogP contribution >= 0.6 is 0 Å². The van der Waals surface area contributed by atoms with Gasteiger partial charge in [-0.05, 0) is 51.4 Å². The summed E-state index contributed by atoms with van der Waals surface area (Å²) in [6.07, 6.45) is 41.9. The Labute approximate surface area is 272 Å². The van der Waals surface area contributed by atoms with Gasteiger partial charge in [0, 0.05) is 12.8 Å². The zero-order valence-electron chi connectivity index (χ0n) is 28.9. The Morgan fingerprint density at radius 1 is 0.523 bits per heavy atom. The standard InChI is InChI=1S/C39H70O5/c1-3-5-7-9-11-13-15-17-18-19-20-22-23-25-27-29-31-33-38(41)43-36-37(35-40)44-39(42)34-32-30-28-26-24-21-16-14-12-10-8-6-4-2/h11,13,17-18,20,22,37,40H,3-10,12,14-16,19,21,23-36H2,1-2H3.